The number of hydrogen-bond acceptors (Lipinski definition) is 7. The highest BCUT2D eigenvalue weighted by molar-refractivity contribution is 5.99. The van der Waals surface area contributed by atoms with E-state index < -0.39 is 24.5 Å². The molecule has 1 aliphatic heterocycles. The molecule has 1 aromatic heterocycles. The van der Waals surface area contributed by atoms with Crippen LogP contribution < -0.4 is 14.8 Å². The number of fused-ring (bicyclic) bond motifs is 1. The third-order valence-corrected chi connectivity index (χ3v) is 4.02. The van der Waals surface area contributed by atoms with Gasteiger partial charge in [0.25, 0.3) is 5.91 Å². The van der Waals surface area contributed by atoms with Crippen molar-refractivity contribution in [1.29, 1.82) is 0 Å². The first-order valence-electron chi connectivity index (χ1n) is 8.04. The molecule has 0 atom stereocenters. The molecule has 0 bridgehead atoms. The topological polar surface area (TPSA) is 116 Å². The number of methoxy groups -OCH3 is 1. The summed E-state index contributed by atoms with van der Waals surface area (Å²) in [5, 5.41) is 2.60. The highest BCUT2D eigenvalue weighted by Gasteiger charge is 2.24. The van der Waals surface area contributed by atoms with Gasteiger partial charge in [0.1, 0.15) is 5.69 Å². The zero-order valence-corrected chi connectivity index (χ0v) is 15.0. The van der Waals surface area contributed by atoms with Crippen molar-refractivity contribution < 1.29 is 33.3 Å². The van der Waals surface area contributed by atoms with Crippen LogP contribution >= 0.6 is 0 Å². The van der Waals surface area contributed by atoms with Crippen molar-refractivity contribution in [2.45, 2.75) is 13.8 Å². The van der Waals surface area contributed by atoms with Crippen molar-refractivity contribution in [2.75, 3.05) is 25.8 Å². The summed E-state index contributed by atoms with van der Waals surface area (Å²) in [5.74, 6) is -0.695. The van der Waals surface area contributed by atoms with E-state index >= 15 is 0 Å². The number of H-pyrrole nitrogens is 1. The van der Waals surface area contributed by atoms with Gasteiger partial charge in [0.15, 0.2) is 18.1 Å². The summed E-state index contributed by atoms with van der Waals surface area (Å²) in [6.07, 6.45) is 0. The van der Waals surface area contributed by atoms with Crippen LogP contribution in [0.4, 0.5) is 5.69 Å². The Balaban J connectivity index is 1.60. The summed E-state index contributed by atoms with van der Waals surface area (Å²) in [5.41, 5.74) is 1.75. The van der Waals surface area contributed by atoms with Gasteiger partial charge >= 0.3 is 11.9 Å². The maximum Gasteiger partial charge on any atom is 0.355 e. The Morgan fingerprint density at radius 2 is 1.89 bits per heavy atom. The van der Waals surface area contributed by atoms with E-state index in [0.29, 0.717) is 28.4 Å². The minimum Gasteiger partial charge on any atom is -0.465 e. The summed E-state index contributed by atoms with van der Waals surface area (Å²) in [6, 6.07) is 4.93. The molecule has 0 radical (unpaired) electrons. The van der Waals surface area contributed by atoms with Crippen LogP contribution in [0.15, 0.2) is 18.2 Å². The number of benzene rings is 1. The average Bonchev–Trinajstić information content (AvgIpc) is 3.22. The zero-order valence-electron chi connectivity index (χ0n) is 15.0. The summed E-state index contributed by atoms with van der Waals surface area (Å²) >= 11 is 0. The molecule has 0 saturated heterocycles. The van der Waals surface area contributed by atoms with Crippen molar-refractivity contribution in [2.24, 2.45) is 0 Å². The Morgan fingerprint density at radius 1 is 1.15 bits per heavy atom. The van der Waals surface area contributed by atoms with Crippen LogP contribution in [0.25, 0.3) is 0 Å². The van der Waals surface area contributed by atoms with Gasteiger partial charge in [0.2, 0.25) is 6.79 Å². The van der Waals surface area contributed by atoms with E-state index in [2.05, 4.69) is 10.3 Å². The van der Waals surface area contributed by atoms with Crippen molar-refractivity contribution in [3.8, 4) is 11.5 Å². The molecule has 2 aromatic rings. The largest absolute Gasteiger partial charge is 0.465 e. The fourth-order valence-corrected chi connectivity index (χ4v) is 2.74. The summed E-state index contributed by atoms with van der Waals surface area (Å²) in [4.78, 5) is 38.8. The molecule has 27 heavy (non-hydrogen) atoms. The summed E-state index contributed by atoms with van der Waals surface area (Å²) in [7, 11) is 1.26. The van der Waals surface area contributed by atoms with E-state index in [0.717, 1.165) is 0 Å². The number of rotatable bonds is 5. The SMILES string of the molecule is COC(=O)c1c(C)[nH]c(C(=O)OCC(=O)Nc2ccc3c(c2)OCO3)c1C. The van der Waals surface area contributed by atoms with E-state index in [9.17, 15) is 14.4 Å². The quantitative estimate of drug-likeness (QED) is 0.768. The second kappa shape index (κ2) is 7.40. The first kappa shape index (κ1) is 18.3. The molecule has 1 aromatic carbocycles. The van der Waals surface area contributed by atoms with Crippen molar-refractivity contribution in [3.63, 3.8) is 0 Å². The molecule has 0 unspecified atom stereocenters. The average molecular weight is 374 g/mol. The van der Waals surface area contributed by atoms with Crippen molar-refractivity contribution >= 4 is 23.5 Å². The molecular formula is C18H18N2O7. The van der Waals surface area contributed by atoms with Crippen LogP contribution in [-0.2, 0) is 14.3 Å². The number of aryl methyl sites for hydroxylation is 1. The summed E-state index contributed by atoms with van der Waals surface area (Å²) in [6.45, 7) is 2.88. The lowest BCUT2D eigenvalue weighted by molar-refractivity contribution is -0.119. The van der Waals surface area contributed by atoms with Crippen LogP contribution in [0.5, 0.6) is 11.5 Å². The molecule has 9 heteroatoms. The van der Waals surface area contributed by atoms with Gasteiger partial charge in [-0.25, -0.2) is 9.59 Å². The number of amides is 1. The third-order valence-electron chi connectivity index (χ3n) is 4.02. The van der Waals surface area contributed by atoms with E-state index in [1.54, 1.807) is 32.0 Å². The fraction of sp³-hybridized carbons (Fsp3) is 0.278. The maximum atomic E-state index is 12.2. The van der Waals surface area contributed by atoms with Crippen LogP contribution in [0, 0.1) is 13.8 Å². The lowest BCUT2D eigenvalue weighted by atomic mass is 10.1. The monoisotopic (exact) mass is 374 g/mol. The van der Waals surface area contributed by atoms with Crippen LogP contribution in [0.3, 0.4) is 0 Å². The van der Waals surface area contributed by atoms with Gasteiger partial charge in [-0.05, 0) is 31.5 Å². The number of ether oxygens (including phenoxy) is 4. The highest BCUT2D eigenvalue weighted by Crippen LogP contribution is 2.34. The molecule has 142 valence electrons. The molecule has 0 saturated carbocycles. The Morgan fingerprint density at radius 3 is 2.63 bits per heavy atom. The van der Waals surface area contributed by atoms with Gasteiger partial charge in [-0.1, -0.05) is 0 Å². The van der Waals surface area contributed by atoms with Gasteiger partial charge < -0.3 is 29.2 Å². The minimum absolute atomic E-state index is 0.101. The lowest BCUT2D eigenvalue weighted by Gasteiger charge is -2.07. The zero-order chi connectivity index (χ0) is 19.6. The van der Waals surface area contributed by atoms with E-state index in [-0.39, 0.29) is 18.1 Å². The van der Waals surface area contributed by atoms with Crippen LogP contribution in [0.1, 0.15) is 32.1 Å². The number of aromatic nitrogens is 1. The molecule has 3 rings (SSSR count). The highest BCUT2D eigenvalue weighted by atomic mass is 16.7. The predicted molar refractivity (Wildman–Crippen MR) is 93.1 cm³/mol. The van der Waals surface area contributed by atoms with Gasteiger partial charge in [0, 0.05) is 17.4 Å². The molecule has 1 aliphatic rings. The first-order valence-corrected chi connectivity index (χ1v) is 8.04. The Labute approximate surface area is 154 Å². The normalized spacial score (nSPS) is 11.8. The molecule has 0 fully saturated rings. The van der Waals surface area contributed by atoms with Crippen molar-refractivity contribution in [3.05, 3.63) is 40.7 Å². The number of esters is 2. The standard InChI is InChI=1S/C18H18N2O7/c1-9-15(17(22)24-3)10(2)19-16(9)18(23)25-7-14(21)20-11-4-5-12-13(6-11)27-8-26-12/h4-6,19H,7-8H2,1-3H3,(H,20,21). The van der Waals surface area contributed by atoms with Gasteiger partial charge in [-0.2, -0.15) is 0 Å². The molecule has 2 N–H and O–H groups in total. The van der Waals surface area contributed by atoms with E-state index in [1.165, 1.54) is 7.11 Å². The van der Waals surface area contributed by atoms with Gasteiger partial charge in [0.05, 0.1) is 12.7 Å². The number of carbonyl (C=O) groups excluding carboxylic acids is 3. The number of hydrogen-bond donors (Lipinski definition) is 2. The van der Waals surface area contributed by atoms with Gasteiger partial charge in [-0.3, -0.25) is 4.79 Å². The molecular weight excluding hydrogens is 356 g/mol. The predicted octanol–water partition coefficient (Wildman–Crippen LogP) is 1.94. The second-order valence-electron chi connectivity index (χ2n) is 5.81. The van der Waals surface area contributed by atoms with Crippen molar-refractivity contribution in [1.82, 2.24) is 4.98 Å². The van der Waals surface area contributed by atoms with E-state index in [1.807, 2.05) is 0 Å². The number of anilines is 1. The Hall–Kier alpha value is -3.49. The first-order chi connectivity index (χ1) is 12.9. The molecule has 2 heterocycles. The van der Waals surface area contributed by atoms with E-state index in [4.69, 9.17) is 18.9 Å². The summed E-state index contributed by atoms with van der Waals surface area (Å²) < 4.78 is 20.1. The van der Waals surface area contributed by atoms with Gasteiger partial charge in [-0.15, -0.1) is 0 Å². The molecule has 9 nitrogen and oxygen atoms in total. The Kier molecular flexibility index (Phi) is 5.02. The molecule has 1 amide bonds. The minimum atomic E-state index is -0.744. The Bertz CT molecular complexity index is 917. The van der Waals surface area contributed by atoms with Crippen LogP contribution in [0.2, 0.25) is 0 Å². The fourth-order valence-electron chi connectivity index (χ4n) is 2.74. The lowest BCUT2D eigenvalue weighted by Crippen LogP contribution is -2.21. The third kappa shape index (κ3) is 3.71. The van der Waals surface area contributed by atoms with Crippen LogP contribution in [-0.4, -0.2) is 43.3 Å². The smallest absolute Gasteiger partial charge is 0.355 e. The molecule has 0 spiro atoms. The number of aromatic amines is 1. The number of nitrogens with one attached hydrogen (secondary N) is 2. The molecule has 0 aliphatic carbocycles. The number of carbonyl (C=O) groups is 3. The second-order valence-corrected chi connectivity index (χ2v) is 5.81. The maximum absolute atomic E-state index is 12.2.